The quantitative estimate of drug-likeness (QED) is 0.373. The molecule has 1 saturated carbocycles. The average Bonchev–Trinajstić information content (AvgIpc) is 3.69. The van der Waals surface area contributed by atoms with Crippen molar-refractivity contribution in [2.24, 2.45) is 5.92 Å². The van der Waals surface area contributed by atoms with Crippen molar-refractivity contribution in [3.05, 3.63) is 83.2 Å². The highest BCUT2D eigenvalue weighted by Crippen LogP contribution is 2.58. The van der Waals surface area contributed by atoms with E-state index in [-0.39, 0.29) is 17.1 Å². The Labute approximate surface area is 221 Å². The fourth-order valence-electron chi connectivity index (χ4n) is 5.32. The third-order valence-electron chi connectivity index (χ3n) is 7.82. The van der Waals surface area contributed by atoms with Gasteiger partial charge in [-0.1, -0.05) is 31.2 Å². The van der Waals surface area contributed by atoms with Crippen molar-refractivity contribution in [1.29, 1.82) is 5.26 Å². The zero-order chi connectivity index (χ0) is 26.9. The van der Waals surface area contributed by atoms with Gasteiger partial charge in [0.05, 0.1) is 17.6 Å². The van der Waals surface area contributed by atoms with Gasteiger partial charge < -0.3 is 15.2 Å². The molecule has 0 saturated heterocycles. The minimum absolute atomic E-state index is 0.126. The Bertz CT molecular complexity index is 1420. The molecule has 7 heteroatoms. The maximum atomic E-state index is 13.4. The molecule has 1 fully saturated rings. The molecule has 3 aromatic carbocycles. The molecule has 1 amide bonds. The van der Waals surface area contributed by atoms with Crippen molar-refractivity contribution >= 4 is 17.6 Å². The lowest BCUT2D eigenvalue weighted by molar-refractivity contribution is -0.142. The third kappa shape index (κ3) is 5.12. The Morgan fingerprint density at radius 1 is 1.13 bits per heavy atom. The summed E-state index contributed by atoms with van der Waals surface area (Å²) >= 11 is 0. The van der Waals surface area contributed by atoms with Crippen molar-refractivity contribution < 1.29 is 23.8 Å². The van der Waals surface area contributed by atoms with Gasteiger partial charge in [-0.15, -0.1) is 0 Å². The van der Waals surface area contributed by atoms with E-state index < -0.39 is 18.0 Å². The first-order chi connectivity index (χ1) is 18.3. The number of hydrogen-bond acceptors (Lipinski definition) is 4. The second kappa shape index (κ2) is 10.3. The molecule has 1 spiro atoms. The van der Waals surface area contributed by atoms with Crippen LogP contribution in [0.3, 0.4) is 0 Å². The number of ether oxygens (including phenoxy) is 1. The SMILES string of the molecule is CCC(CCc1ccc(C#N)cc1NC(=O)C1CC2(CC2)c2cc(-c3ccc(F)cc3)ccc2O1)C(=O)O. The number of rotatable bonds is 8. The fraction of sp³-hybridized carbons (Fsp3) is 0.323. The van der Waals surface area contributed by atoms with Crippen molar-refractivity contribution in [3.63, 3.8) is 0 Å². The van der Waals surface area contributed by atoms with Gasteiger partial charge in [-0.3, -0.25) is 9.59 Å². The first-order valence-electron chi connectivity index (χ1n) is 13.0. The van der Waals surface area contributed by atoms with Crippen LogP contribution in [0.1, 0.15) is 55.7 Å². The number of benzene rings is 3. The summed E-state index contributed by atoms with van der Waals surface area (Å²) < 4.78 is 19.6. The van der Waals surface area contributed by atoms with Crippen LogP contribution in [0.15, 0.2) is 60.7 Å². The molecule has 2 N–H and O–H groups in total. The van der Waals surface area contributed by atoms with Crippen LogP contribution in [0.5, 0.6) is 5.75 Å². The number of halogens is 1. The highest BCUT2D eigenvalue weighted by Gasteiger charge is 2.52. The number of carbonyl (C=O) groups is 2. The predicted molar refractivity (Wildman–Crippen MR) is 141 cm³/mol. The minimum atomic E-state index is -0.835. The van der Waals surface area contributed by atoms with E-state index in [2.05, 4.69) is 17.5 Å². The molecule has 2 atom stereocenters. The number of aliphatic carboxylic acids is 1. The second-order valence-electron chi connectivity index (χ2n) is 10.3. The number of carbonyl (C=O) groups excluding carboxylic acids is 1. The van der Waals surface area contributed by atoms with E-state index >= 15 is 0 Å². The van der Waals surface area contributed by atoms with Crippen LogP contribution in [0.4, 0.5) is 10.1 Å². The second-order valence-corrected chi connectivity index (χ2v) is 10.3. The Kier molecular flexibility index (Phi) is 6.90. The van der Waals surface area contributed by atoms with Crippen LogP contribution >= 0.6 is 0 Å². The number of nitrogens with one attached hydrogen (secondary N) is 1. The summed E-state index contributed by atoms with van der Waals surface area (Å²) in [6, 6.07) is 19.5. The van der Waals surface area contributed by atoms with E-state index in [1.165, 1.54) is 12.1 Å². The van der Waals surface area contributed by atoms with E-state index in [0.717, 1.165) is 35.1 Å². The van der Waals surface area contributed by atoms with Gasteiger partial charge >= 0.3 is 5.97 Å². The van der Waals surface area contributed by atoms with Crippen LogP contribution in [0.2, 0.25) is 0 Å². The smallest absolute Gasteiger partial charge is 0.306 e. The van der Waals surface area contributed by atoms with E-state index in [0.29, 0.717) is 42.7 Å². The Hall–Kier alpha value is -4.18. The summed E-state index contributed by atoms with van der Waals surface area (Å²) in [6.45, 7) is 1.84. The molecule has 5 rings (SSSR count). The van der Waals surface area contributed by atoms with Gasteiger partial charge in [0.15, 0.2) is 6.10 Å². The molecule has 0 radical (unpaired) electrons. The number of amides is 1. The van der Waals surface area contributed by atoms with Gasteiger partial charge in [-0.25, -0.2) is 4.39 Å². The van der Waals surface area contributed by atoms with Crippen LogP contribution in [-0.4, -0.2) is 23.1 Å². The van der Waals surface area contributed by atoms with Gasteiger partial charge in [0, 0.05) is 23.1 Å². The maximum Gasteiger partial charge on any atom is 0.306 e. The van der Waals surface area contributed by atoms with Gasteiger partial charge in [0.1, 0.15) is 11.6 Å². The molecule has 3 aromatic rings. The number of fused-ring (bicyclic) bond motifs is 2. The molecular formula is C31H29FN2O4. The van der Waals surface area contributed by atoms with Crippen molar-refractivity contribution in [3.8, 4) is 22.9 Å². The van der Waals surface area contributed by atoms with E-state index in [4.69, 9.17) is 4.74 Å². The maximum absolute atomic E-state index is 13.4. The lowest BCUT2D eigenvalue weighted by Crippen LogP contribution is -2.39. The molecule has 0 bridgehead atoms. The van der Waals surface area contributed by atoms with Crippen molar-refractivity contribution in [2.45, 2.75) is 57.0 Å². The molecule has 38 heavy (non-hydrogen) atoms. The molecule has 1 heterocycles. The van der Waals surface area contributed by atoms with E-state index in [1.54, 1.807) is 30.3 Å². The monoisotopic (exact) mass is 512 g/mol. The van der Waals surface area contributed by atoms with Gasteiger partial charge in [-0.2, -0.15) is 5.26 Å². The summed E-state index contributed by atoms with van der Waals surface area (Å²) in [6.07, 6.45) is 3.20. The average molecular weight is 513 g/mol. The first-order valence-corrected chi connectivity index (χ1v) is 13.0. The number of nitrogens with zero attached hydrogens (tertiary/aromatic N) is 1. The third-order valence-corrected chi connectivity index (χ3v) is 7.82. The highest BCUT2D eigenvalue weighted by molar-refractivity contribution is 5.95. The van der Waals surface area contributed by atoms with Crippen LogP contribution < -0.4 is 10.1 Å². The Morgan fingerprint density at radius 3 is 2.53 bits per heavy atom. The normalized spacial score (nSPS) is 17.6. The summed E-state index contributed by atoms with van der Waals surface area (Å²) in [5.41, 5.74) is 4.57. The lowest BCUT2D eigenvalue weighted by atomic mass is 9.84. The molecule has 1 aliphatic heterocycles. The number of anilines is 1. The summed E-state index contributed by atoms with van der Waals surface area (Å²) in [7, 11) is 0. The summed E-state index contributed by atoms with van der Waals surface area (Å²) in [5.74, 6) is -1.19. The van der Waals surface area contributed by atoms with Crippen LogP contribution in [0, 0.1) is 23.1 Å². The standard InChI is InChI=1S/C31H29FN2O4/c1-2-20(30(36)37)5-6-22-4-3-19(18-33)15-26(22)34-29(35)28-17-31(13-14-31)25-16-23(9-12-27(25)38-28)21-7-10-24(32)11-8-21/h3-4,7-12,15-16,20,28H,2,5-6,13-14,17H2,1H3,(H,34,35)(H,36,37). The highest BCUT2D eigenvalue weighted by atomic mass is 19.1. The molecule has 194 valence electrons. The van der Waals surface area contributed by atoms with E-state index in [9.17, 15) is 24.3 Å². The molecular weight excluding hydrogens is 483 g/mol. The molecule has 2 unspecified atom stereocenters. The largest absolute Gasteiger partial charge is 0.481 e. The van der Waals surface area contributed by atoms with E-state index in [1.807, 2.05) is 19.1 Å². The van der Waals surface area contributed by atoms with Gasteiger partial charge in [-0.05, 0) is 85.2 Å². The molecule has 6 nitrogen and oxygen atoms in total. The topological polar surface area (TPSA) is 99.4 Å². The number of nitriles is 1. The first kappa shape index (κ1) is 25.5. The van der Waals surface area contributed by atoms with Crippen molar-refractivity contribution in [1.82, 2.24) is 0 Å². The Morgan fingerprint density at radius 2 is 1.87 bits per heavy atom. The number of carboxylic acid groups (broad SMARTS) is 1. The molecule has 1 aliphatic carbocycles. The van der Waals surface area contributed by atoms with Crippen molar-refractivity contribution in [2.75, 3.05) is 5.32 Å². The molecule has 2 aliphatic rings. The number of carboxylic acids is 1. The fourth-order valence-corrected chi connectivity index (χ4v) is 5.32. The lowest BCUT2D eigenvalue weighted by Gasteiger charge is -2.32. The summed E-state index contributed by atoms with van der Waals surface area (Å²) in [5, 5.41) is 21.8. The number of aryl methyl sites for hydroxylation is 1. The van der Waals surface area contributed by atoms with Gasteiger partial charge in [0.2, 0.25) is 0 Å². The van der Waals surface area contributed by atoms with Crippen LogP contribution in [-0.2, 0) is 21.4 Å². The minimum Gasteiger partial charge on any atom is -0.481 e. The molecule has 0 aromatic heterocycles. The zero-order valence-corrected chi connectivity index (χ0v) is 21.2. The van der Waals surface area contributed by atoms with Gasteiger partial charge in [0.25, 0.3) is 5.91 Å². The Balaban J connectivity index is 1.35. The predicted octanol–water partition coefficient (Wildman–Crippen LogP) is 6.23. The van der Waals surface area contributed by atoms with Crippen LogP contribution in [0.25, 0.3) is 11.1 Å². The number of hydrogen-bond donors (Lipinski definition) is 2. The summed E-state index contributed by atoms with van der Waals surface area (Å²) in [4.78, 5) is 24.9. The zero-order valence-electron chi connectivity index (χ0n) is 21.2.